The summed E-state index contributed by atoms with van der Waals surface area (Å²) in [5.74, 6) is -0.245. The van der Waals surface area contributed by atoms with Gasteiger partial charge in [0.25, 0.3) is 0 Å². The van der Waals surface area contributed by atoms with Gasteiger partial charge in [0.2, 0.25) is 0 Å². The molecule has 0 saturated carbocycles. The Morgan fingerprint density at radius 3 is 2.31 bits per heavy atom. The molecular weight excluding hydrogens is 486 g/mol. The lowest BCUT2D eigenvalue weighted by molar-refractivity contribution is -0.137. The molecule has 1 fully saturated rings. The third-order valence-electron chi connectivity index (χ3n) is 7.14. The number of aryl methyl sites for hydroxylation is 3. The molecule has 1 aliphatic heterocycles. The van der Waals surface area contributed by atoms with E-state index in [9.17, 15) is 4.79 Å². The molecule has 39 heavy (non-hydrogen) atoms. The summed E-state index contributed by atoms with van der Waals surface area (Å²) in [7, 11) is 1.35. The van der Waals surface area contributed by atoms with Gasteiger partial charge < -0.3 is 4.74 Å². The summed E-state index contributed by atoms with van der Waals surface area (Å²) in [6.07, 6.45) is 7.40. The molecule has 2 aromatic heterocycles. The number of aromatic nitrogens is 3. The van der Waals surface area contributed by atoms with E-state index in [1.807, 2.05) is 4.52 Å². The zero-order valence-electron chi connectivity index (χ0n) is 24.7. The summed E-state index contributed by atoms with van der Waals surface area (Å²) in [5.41, 5.74) is 9.46. The lowest BCUT2D eigenvalue weighted by Crippen LogP contribution is -2.46. The van der Waals surface area contributed by atoms with Crippen molar-refractivity contribution < 1.29 is 9.53 Å². The lowest BCUT2D eigenvalue weighted by atomic mass is 10.0. The number of fused-ring (bicyclic) bond motifs is 1. The van der Waals surface area contributed by atoms with Crippen molar-refractivity contribution in [3.05, 3.63) is 82.3 Å². The minimum atomic E-state index is -0.245. The Kier molecular flexibility index (Phi) is 11.4. The molecule has 3 heterocycles. The SMILES string of the molecule is C=C(CC)CN1CCN(C/C=C/c2ccc(Cc3c(CC)nn4c(C)cc(C)nc34)cc2)CC1.COC(C)=O. The second-order valence-electron chi connectivity index (χ2n) is 10.2. The predicted octanol–water partition coefficient (Wildman–Crippen LogP) is 5.28. The Hall–Kier alpha value is -3.29. The van der Waals surface area contributed by atoms with Gasteiger partial charge in [-0.25, -0.2) is 9.50 Å². The maximum Gasteiger partial charge on any atom is 0.302 e. The number of piperazine rings is 1. The van der Waals surface area contributed by atoms with Crippen LogP contribution in [0, 0.1) is 13.8 Å². The van der Waals surface area contributed by atoms with Crippen LogP contribution in [0.5, 0.6) is 0 Å². The molecule has 1 aliphatic rings. The smallest absolute Gasteiger partial charge is 0.302 e. The van der Waals surface area contributed by atoms with Gasteiger partial charge >= 0.3 is 5.97 Å². The molecule has 1 saturated heterocycles. The van der Waals surface area contributed by atoms with E-state index in [1.54, 1.807) is 0 Å². The van der Waals surface area contributed by atoms with Crippen LogP contribution in [0.4, 0.5) is 0 Å². The van der Waals surface area contributed by atoms with Crippen molar-refractivity contribution in [2.45, 2.75) is 53.9 Å². The van der Waals surface area contributed by atoms with E-state index >= 15 is 0 Å². The first-order valence-electron chi connectivity index (χ1n) is 14.0. The molecule has 0 radical (unpaired) electrons. The fourth-order valence-electron chi connectivity index (χ4n) is 4.72. The molecule has 0 bridgehead atoms. The van der Waals surface area contributed by atoms with Crippen molar-refractivity contribution in [3.63, 3.8) is 0 Å². The van der Waals surface area contributed by atoms with Crippen LogP contribution in [0.25, 0.3) is 11.7 Å². The summed E-state index contributed by atoms with van der Waals surface area (Å²) in [6, 6.07) is 11.0. The number of carbonyl (C=O) groups excluding carboxylic acids is 1. The third-order valence-corrected chi connectivity index (χ3v) is 7.14. The Bertz CT molecular complexity index is 1270. The molecule has 1 aromatic carbocycles. The predicted molar refractivity (Wildman–Crippen MR) is 160 cm³/mol. The fourth-order valence-corrected chi connectivity index (χ4v) is 4.72. The quantitative estimate of drug-likeness (QED) is 0.277. The van der Waals surface area contributed by atoms with Crippen LogP contribution in [0.15, 0.2) is 48.6 Å². The van der Waals surface area contributed by atoms with Gasteiger partial charge in [0.15, 0.2) is 5.65 Å². The average Bonchev–Trinajstić information content (AvgIpc) is 3.28. The van der Waals surface area contributed by atoms with Crippen molar-refractivity contribution in [1.82, 2.24) is 24.4 Å². The number of carbonyl (C=O) groups is 1. The molecule has 0 unspecified atom stereocenters. The highest BCUT2D eigenvalue weighted by Crippen LogP contribution is 2.21. The monoisotopic (exact) mass is 531 g/mol. The highest BCUT2D eigenvalue weighted by Gasteiger charge is 2.16. The minimum absolute atomic E-state index is 0.245. The van der Waals surface area contributed by atoms with Gasteiger partial charge in [-0.3, -0.25) is 14.6 Å². The third kappa shape index (κ3) is 8.87. The first kappa shape index (κ1) is 30.3. The average molecular weight is 532 g/mol. The van der Waals surface area contributed by atoms with Crippen molar-refractivity contribution in [2.75, 3.05) is 46.4 Å². The van der Waals surface area contributed by atoms with E-state index in [-0.39, 0.29) is 5.97 Å². The van der Waals surface area contributed by atoms with Crippen molar-refractivity contribution in [1.29, 1.82) is 0 Å². The molecular formula is C32H45N5O2. The van der Waals surface area contributed by atoms with E-state index in [0.717, 1.165) is 81.3 Å². The summed E-state index contributed by atoms with van der Waals surface area (Å²) in [4.78, 5) is 19.5. The number of benzene rings is 1. The normalized spacial score (nSPS) is 14.4. The van der Waals surface area contributed by atoms with E-state index in [1.165, 1.54) is 36.3 Å². The highest BCUT2D eigenvalue weighted by molar-refractivity contribution is 5.65. The van der Waals surface area contributed by atoms with Gasteiger partial charge in [0.05, 0.1) is 12.8 Å². The molecule has 0 amide bonds. The number of rotatable bonds is 9. The fraction of sp³-hybridized carbons (Fsp3) is 0.469. The second kappa shape index (κ2) is 14.8. The van der Waals surface area contributed by atoms with Crippen LogP contribution in [0.1, 0.15) is 61.0 Å². The van der Waals surface area contributed by atoms with Gasteiger partial charge in [-0.2, -0.15) is 5.10 Å². The first-order valence-corrected chi connectivity index (χ1v) is 14.0. The Balaban J connectivity index is 0.000000771. The number of ether oxygens (including phenoxy) is 1. The molecule has 7 nitrogen and oxygen atoms in total. The Morgan fingerprint density at radius 2 is 1.72 bits per heavy atom. The van der Waals surface area contributed by atoms with Crippen LogP contribution < -0.4 is 0 Å². The summed E-state index contributed by atoms with van der Waals surface area (Å²) < 4.78 is 6.11. The number of nitrogens with zero attached hydrogens (tertiary/aromatic N) is 5. The molecule has 0 aliphatic carbocycles. The zero-order valence-corrected chi connectivity index (χ0v) is 24.7. The van der Waals surface area contributed by atoms with Crippen LogP contribution in [-0.4, -0.2) is 76.7 Å². The summed E-state index contributed by atoms with van der Waals surface area (Å²) in [6.45, 7) is 20.6. The van der Waals surface area contributed by atoms with E-state index in [4.69, 9.17) is 10.1 Å². The maximum absolute atomic E-state index is 9.59. The molecule has 0 spiro atoms. The summed E-state index contributed by atoms with van der Waals surface area (Å²) >= 11 is 0. The van der Waals surface area contributed by atoms with Crippen molar-refractivity contribution >= 4 is 17.7 Å². The van der Waals surface area contributed by atoms with E-state index < -0.39 is 0 Å². The lowest BCUT2D eigenvalue weighted by Gasteiger charge is -2.34. The molecule has 0 atom stereocenters. The number of methoxy groups -OCH3 is 1. The maximum atomic E-state index is 9.59. The molecule has 0 N–H and O–H groups in total. The van der Waals surface area contributed by atoms with Crippen LogP contribution in [0.2, 0.25) is 0 Å². The largest absolute Gasteiger partial charge is 0.469 e. The van der Waals surface area contributed by atoms with Crippen LogP contribution >= 0.6 is 0 Å². The van der Waals surface area contributed by atoms with Gasteiger partial charge in [-0.15, -0.1) is 0 Å². The van der Waals surface area contributed by atoms with Crippen LogP contribution in [-0.2, 0) is 22.4 Å². The zero-order chi connectivity index (χ0) is 28.4. The molecule has 4 rings (SSSR count). The van der Waals surface area contributed by atoms with Gasteiger partial charge in [0.1, 0.15) is 0 Å². The minimum Gasteiger partial charge on any atom is -0.469 e. The van der Waals surface area contributed by atoms with Crippen LogP contribution in [0.3, 0.4) is 0 Å². The second-order valence-corrected chi connectivity index (χ2v) is 10.2. The standard InChI is InChI=1S/C29H39N5.C3H6O2/c1-6-22(3)21-33-17-15-32(16-18-33)14-8-9-25-10-12-26(13-11-25)20-27-28(7-2)31-34-24(5)19-23(4)30-29(27)34;1-3(4)5-2/h8-13,19H,3,6-7,14-18,20-21H2,1-2,4-5H3;1-2H3/b9-8+;. The Morgan fingerprint density at radius 1 is 1.08 bits per heavy atom. The number of hydrogen-bond donors (Lipinski definition) is 0. The van der Waals surface area contributed by atoms with Crippen molar-refractivity contribution in [2.24, 2.45) is 0 Å². The Labute approximate surface area is 234 Å². The highest BCUT2D eigenvalue weighted by atomic mass is 16.5. The first-order chi connectivity index (χ1) is 18.7. The van der Waals surface area contributed by atoms with Crippen molar-refractivity contribution in [3.8, 4) is 0 Å². The number of hydrogen-bond acceptors (Lipinski definition) is 6. The topological polar surface area (TPSA) is 63.0 Å². The molecule has 7 heteroatoms. The van der Waals surface area contributed by atoms with Gasteiger partial charge in [-0.1, -0.05) is 62.4 Å². The van der Waals surface area contributed by atoms with E-state index in [2.05, 4.69) is 91.3 Å². The summed E-state index contributed by atoms with van der Waals surface area (Å²) in [5, 5.41) is 4.82. The molecule has 210 valence electrons. The number of esters is 1. The molecule has 3 aromatic rings. The van der Waals surface area contributed by atoms with Gasteiger partial charge in [-0.05, 0) is 43.9 Å². The van der Waals surface area contributed by atoms with E-state index in [0.29, 0.717) is 0 Å². The van der Waals surface area contributed by atoms with Gasteiger partial charge in [0, 0.05) is 69.6 Å².